The van der Waals surface area contributed by atoms with Crippen molar-refractivity contribution in [3.05, 3.63) is 0 Å². The van der Waals surface area contributed by atoms with Crippen molar-refractivity contribution in [3.63, 3.8) is 0 Å². The van der Waals surface area contributed by atoms with E-state index in [1.165, 1.54) is 44.9 Å². The summed E-state index contributed by atoms with van der Waals surface area (Å²) >= 11 is 0. The molecule has 0 aromatic rings. The molecule has 7 nitrogen and oxygen atoms in total. The number of carbonyl (C=O) groups is 3. The molecule has 0 aliphatic heterocycles. The lowest BCUT2D eigenvalue weighted by Crippen LogP contribution is -2.20. The summed E-state index contributed by atoms with van der Waals surface area (Å²) in [5, 5.41) is 0. The van der Waals surface area contributed by atoms with Crippen molar-refractivity contribution in [2.75, 3.05) is 33.9 Å². The Morgan fingerprint density at radius 2 is 0.887 bits per heavy atom. The predicted molar refractivity (Wildman–Crippen MR) is 223 cm³/mol. The first-order valence-electron chi connectivity index (χ1n) is 22.5. The van der Waals surface area contributed by atoms with Gasteiger partial charge in [-0.25, -0.2) is 0 Å². The zero-order chi connectivity index (χ0) is 39.7. The Morgan fingerprint density at radius 1 is 0.472 bits per heavy atom. The van der Waals surface area contributed by atoms with Crippen molar-refractivity contribution in [3.8, 4) is 0 Å². The molecule has 0 saturated heterocycles. The lowest BCUT2D eigenvalue weighted by atomic mass is 9.89. The van der Waals surface area contributed by atoms with Crippen molar-refractivity contribution in [2.45, 2.75) is 215 Å². The van der Waals surface area contributed by atoms with Crippen LogP contribution in [0.5, 0.6) is 0 Å². The van der Waals surface area contributed by atoms with Crippen LogP contribution >= 0.6 is 0 Å². The molecule has 0 amide bonds. The molecule has 314 valence electrons. The minimum absolute atomic E-state index is 0.0248. The average Bonchev–Trinajstić information content (AvgIpc) is 3.09. The summed E-state index contributed by atoms with van der Waals surface area (Å²) in [6.45, 7) is 17.6. The number of hydrogen-bond acceptors (Lipinski definition) is 7. The topological polar surface area (TPSA) is 82.1 Å². The smallest absolute Gasteiger partial charge is 0.306 e. The summed E-state index contributed by atoms with van der Waals surface area (Å²) in [5.41, 5.74) is 0. The second-order valence-corrected chi connectivity index (χ2v) is 17.5. The van der Waals surface area contributed by atoms with Crippen molar-refractivity contribution < 1.29 is 28.6 Å². The molecule has 3 unspecified atom stereocenters. The number of ether oxygens (including phenoxy) is 3. The fourth-order valence-corrected chi connectivity index (χ4v) is 6.87. The number of nitrogens with zero attached hydrogens (tertiary/aromatic N) is 1. The van der Waals surface area contributed by atoms with Gasteiger partial charge in [-0.15, -0.1) is 0 Å². The highest BCUT2D eigenvalue weighted by Gasteiger charge is 2.18. The van der Waals surface area contributed by atoms with Crippen LogP contribution < -0.4 is 0 Å². The summed E-state index contributed by atoms with van der Waals surface area (Å²) in [6.07, 6.45) is 25.7. The minimum Gasteiger partial charge on any atom is -0.465 e. The number of carbonyl (C=O) groups excluding carboxylic acids is 3. The molecule has 53 heavy (non-hydrogen) atoms. The lowest BCUT2D eigenvalue weighted by molar-refractivity contribution is -0.150. The maximum Gasteiger partial charge on any atom is 0.306 e. The molecule has 0 aromatic carbocycles. The van der Waals surface area contributed by atoms with Gasteiger partial charge in [0.2, 0.25) is 0 Å². The van der Waals surface area contributed by atoms with Crippen molar-refractivity contribution in [1.29, 1.82) is 0 Å². The van der Waals surface area contributed by atoms with E-state index in [2.05, 4.69) is 53.4 Å². The van der Waals surface area contributed by atoms with E-state index in [1.807, 2.05) is 14.1 Å². The maximum absolute atomic E-state index is 12.6. The van der Waals surface area contributed by atoms with Gasteiger partial charge < -0.3 is 19.1 Å². The first-order valence-corrected chi connectivity index (χ1v) is 22.5. The van der Waals surface area contributed by atoms with Crippen LogP contribution in [0, 0.1) is 29.6 Å². The SMILES string of the molecule is CCCCC(COC(=O)CCCCCCCCCC(CCCCCCCCCC(=O)OCC(CCC(C)C)C(C)C)OC(=O)CCCN(C)C)C(C)C. The Balaban J connectivity index is 4.22. The molecule has 0 saturated carbocycles. The molecule has 7 heteroatoms. The van der Waals surface area contributed by atoms with Crippen LogP contribution in [0.4, 0.5) is 0 Å². The zero-order valence-electron chi connectivity index (χ0n) is 36.7. The van der Waals surface area contributed by atoms with Gasteiger partial charge in [-0.05, 0) is 108 Å². The number of esters is 3. The van der Waals surface area contributed by atoms with Gasteiger partial charge in [0, 0.05) is 19.3 Å². The molecule has 0 spiro atoms. The highest BCUT2D eigenvalue weighted by molar-refractivity contribution is 5.70. The van der Waals surface area contributed by atoms with Gasteiger partial charge in [0.15, 0.2) is 0 Å². The van der Waals surface area contributed by atoms with Crippen molar-refractivity contribution in [2.24, 2.45) is 29.6 Å². The molecule has 0 aromatic heterocycles. The summed E-state index contributed by atoms with van der Waals surface area (Å²) in [5.74, 6) is 2.59. The Hall–Kier alpha value is -1.63. The molecule has 0 bridgehead atoms. The van der Waals surface area contributed by atoms with Crippen molar-refractivity contribution in [1.82, 2.24) is 4.90 Å². The second kappa shape index (κ2) is 34.8. The van der Waals surface area contributed by atoms with E-state index in [1.54, 1.807) is 0 Å². The minimum atomic E-state index is -0.0510. The quantitative estimate of drug-likeness (QED) is 0.0355. The van der Waals surface area contributed by atoms with E-state index >= 15 is 0 Å². The van der Waals surface area contributed by atoms with E-state index in [0.717, 1.165) is 103 Å². The summed E-state index contributed by atoms with van der Waals surface area (Å²) < 4.78 is 17.2. The van der Waals surface area contributed by atoms with Crippen LogP contribution in [0.25, 0.3) is 0 Å². The molecule has 0 radical (unpaired) electrons. The van der Waals surface area contributed by atoms with E-state index in [0.29, 0.717) is 62.1 Å². The predicted octanol–water partition coefficient (Wildman–Crippen LogP) is 12.5. The van der Waals surface area contributed by atoms with Gasteiger partial charge in [0.05, 0.1) is 13.2 Å². The highest BCUT2D eigenvalue weighted by Crippen LogP contribution is 2.22. The van der Waals surface area contributed by atoms with Crippen molar-refractivity contribution >= 4 is 17.9 Å². The molecule has 0 rings (SSSR count). The average molecular weight is 752 g/mol. The Kier molecular flexibility index (Phi) is 33.8. The summed E-state index contributed by atoms with van der Waals surface area (Å²) in [6, 6.07) is 0. The lowest BCUT2D eigenvalue weighted by Gasteiger charge is -2.21. The van der Waals surface area contributed by atoms with Gasteiger partial charge in [-0.3, -0.25) is 14.4 Å². The van der Waals surface area contributed by atoms with Crippen LogP contribution in [0.3, 0.4) is 0 Å². The monoisotopic (exact) mass is 752 g/mol. The standard InChI is InChI=1S/C46H89NO6/c1-10-11-27-41(39(4)5)36-51-44(48)30-24-20-16-12-14-18-22-28-43(53-46(50)32-26-35-47(8)9)29-23-19-15-13-17-21-25-31-45(49)52-37-42(40(6)7)34-33-38(2)3/h38-43H,10-37H2,1-9H3. The summed E-state index contributed by atoms with van der Waals surface area (Å²) in [4.78, 5) is 39.2. The fourth-order valence-electron chi connectivity index (χ4n) is 6.87. The van der Waals surface area contributed by atoms with Crippen LogP contribution in [0.1, 0.15) is 209 Å². The first-order chi connectivity index (χ1) is 25.3. The number of rotatable bonds is 37. The second-order valence-electron chi connectivity index (χ2n) is 17.5. The summed E-state index contributed by atoms with van der Waals surface area (Å²) in [7, 11) is 4.07. The molecular formula is C46H89NO6. The third kappa shape index (κ3) is 33.4. The molecular weight excluding hydrogens is 663 g/mol. The molecule has 3 atom stereocenters. The molecule has 0 heterocycles. The van der Waals surface area contributed by atoms with Gasteiger partial charge in [-0.2, -0.15) is 0 Å². The molecule has 0 aliphatic rings. The number of hydrogen-bond donors (Lipinski definition) is 0. The normalized spacial score (nSPS) is 13.5. The van der Waals surface area contributed by atoms with E-state index < -0.39 is 0 Å². The molecule has 0 fully saturated rings. The number of unbranched alkanes of at least 4 members (excludes halogenated alkanes) is 13. The first kappa shape index (κ1) is 51.4. The van der Waals surface area contributed by atoms with Crippen LogP contribution in [-0.4, -0.2) is 62.8 Å². The van der Waals surface area contributed by atoms with E-state index in [-0.39, 0.29) is 24.0 Å². The van der Waals surface area contributed by atoms with Gasteiger partial charge in [0.1, 0.15) is 6.10 Å². The van der Waals surface area contributed by atoms with Gasteiger partial charge in [0.25, 0.3) is 0 Å². The fraction of sp³-hybridized carbons (Fsp3) is 0.935. The molecule has 0 aliphatic carbocycles. The van der Waals surface area contributed by atoms with Gasteiger partial charge >= 0.3 is 17.9 Å². The Labute approximate surface area is 329 Å². The maximum atomic E-state index is 12.6. The van der Waals surface area contributed by atoms with Gasteiger partial charge in [-0.1, -0.05) is 132 Å². The van der Waals surface area contributed by atoms with Crippen LogP contribution in [0.15, 0.2) is 0 Å². The Morgan fingerprint density at radius 3 is 1.30 bits per heavy atom. The van der Waals surface area contributed by atoms with Crippen LogP contribution in [0.2, 0.25) is 0 Å². The Bertz CT molecular complexity index is 872. The van der Waals surface area contributed by atoms with E-state index in [4.69, 9.17) is 14.2 Å². The highest BCUT2D eigenvalue weighted by atomic mass is 16.5. The van der Waals surface area contributed by atoms with E-state index in [9.17, 15) is 14.4 Å². The zero-order valence-corrected chi connectivity index (χ0v) is 36.7. The molecule has 0 N–H and O–H groups in total. The largest absolute Gasteiger partial charge is 0.465 e. The van der Waals surface area contributed by atoms with Crippen LogP contribution in [-0.2, 0) is 28.6 Å². The third-order valence-corrected chi connectivity index (χ3v) is 10.9. The third-order valence-electron chi connectivity index (χ3n) is 10.9.